The molecule has 1 rings (SSSR count). The summed E-state index contributed by atoms with van der Waals surface area (Å²) in [7, 11) is 3.44. The van der Waals surface area contributed by atoms with E-state index in [4.69, 9.17) is 4.74 Å². The average molecular weight is 138 g/mol. The summed E-state index contributed by atoms with van der Waals surface area (Å²) in [4.78, 5) is 0. The van der Waals surface area contributed by atoms with E-state index in [2.05, 4.69) is 11.7 Å². The third kappa shape index (κ3) is 0.900. The second kappa shape index (κ2) is 2.56. The van der Waals surface area contributed by atoms with Crippen LogP contribution in [0.2, 0.25) is 0 Å². The highest BCUT2D eigenvalue weighted by molar-refractivity contribution is 5.51. The van der Waals surface area contributed by atoms with Gasteiger partial charge in [-0.15, -0.1) is 0 Å². The van der Waals surface area contributed by atoms with Gasteiger partial charge in [-0.3, -0.25) is 0 Å². The van der Waals surface area contributed by atoms with Gasteiger partial charge in [-0.2, -0.15) is 5.10 Å². The molecule has 54 valence electrons. The molecule has 10 heavy (non-hydrogen) atoms. The van der Waals surface area contributed by atoms with Crippen LogP contribution in [0.5, 0.6) is 5.88 Å². The molecule has 0 fully saturated rings. The number of ether oxygens (including phenoxy) is 1. The quantitative estimate of drug-likeness (QED) is 0.611. The number of aryl methyl sites for hydroxylation is 1. The average Bonchev–Trinajstić information content (AvgIpc) is 2.30. The van der Waals surface area contributed by atoms with E-state index in [9.17, 15) is 0 Å². The summed E-state index contributed by atoms with van der Waals surface area (Å²) in [6, 6.07) is 0. The lowest BCUT2D eigenvalue weighted by molar-refractivity contribution is 0.372. The highest BCUT2D eigenvalue weighted by atomic mass is 16.5. The lowest BCUT2D eigenvalue weighted by Gasteiger charge is -1.99. The summed E-state index contributed by atoms with van der Waals surface area (Å²) in [5.74, 6) is 0.745. The molecular weight excluding hydrogens is 128 g/mol. The third-order valence-corrected chi connectivity index (χ3v) is 1.32. The van der Waals surface area contributed by atoms with E-state index in [1.807, 2.05) is 7.05 Å². The van der Waals surface area contributed by atoms with Crippen molar-refractivity contribution in [3.63, 3.8) is 0 Å². The van der Waals surface area contributed by atoms with Gasteiger partial charge in [0.05, 0.1) is 18.9 Å². The molecule has 0 saturated heterocycles. The van der Waals surface area contributed by atoms with Gasteiger partial charge in [0, 0.05) is 7.05 Å². The first-order valence-electron chi connectivity index (χ1n) is 2.98. The van der Waals surface area contributed by atoms with E-state index in [0.717, 1.165) is 11.4 Å². The zero-order valence-corrected chi connectivity index (χ0v) is 6.16. The van der Waals surface area contributed by atoms with Crippen molar-refractivity contribution in [3.05, 3.63) is 18.3 Å². The van der Waals surface area contributed by atoms with E-state index in [1.54, 1.807) is 24.1 Å². The number of nitrogens with zero attached hydrogens (tertiary/aromatic N) is 2. The summed E-state index contributed by atoms with van der Waals surface area (Å²) < 4.78 is 6.70. The monoisotopic (exact) mass is 138 g/mol. The highest BCUT2D eigenvalue weighted by Gasteiger charge is 2.02. The Morgan fingerprint density at radius 3 is 2.90 bits per heavy atom. The SMILES string of the molecule is C=Cc1cnn(C)c1OC. The minimum atomic E-state index is 0.745. The molecule has 1 aromatic heterocycles. The molecule has 3 nitrogen and oxygen atoms in total. The van der Waals surface area contributed by atoms with E-state index in [1.165, 1.54) is 0 Å². The highest BCUT2D eigenvalue weighted by Crippen LogP contribution is 2.16. The van der Waals surface area contributed by atoms with Gasteiger partial charge < -0.3 is 4.74 Å². The molecule has 0 spiro atoms. The summed E-state index contributed by atoms with van der Waals surface area (Å²) in [6.07, 6.45) is 3.43. The fourth-order valence-corrected chi connectivity index (χ4v) is 0.833. The van der Waals surface area contributed by atoms with Gasteiger partial charge in [0.1, 0.15) is 0 Å². The Labute approximate surface area is 59.9 Å². The van der Waals surface area contributed by atoms with Crippen LogP contribution >= 0.6 is 0 Å². The lowest BCUT2D eigenvalue weighted by atomic mass is 10.3. The molecule has 0 radical (unpaired) electrons. The van der Waals surface area contributed by atoms with Crippen molar-refractivity contribution >= 4 is 6.08 Å². The summed E-state index contributed by atoms with van der Waals surface area (Å²) in [5.41, 5.74) is 0.921. The first-order valence-corrected chi connectivity index (χ1v) is 2.98. The second-order valence-corrected chi connectivity index (χ2v) is 1.94. The largest absolute Gasteiger partial charge is 0.481 e. The summed E-state index contributed by atoms with van der Waals surface area (Å²) >= 11 is 0. The van der Waals surface area contributed by atoms with Crippen LogP contribution in [-0.2, 0) is 7.05 Å². The lowest BCUT2D eigenvalue weighted by Crippen LogP contribution is -1.95. The van der Waals surface area contributed by atoms with Crippen molar-refractivity contribution in [1.82, 2.24) is 9.78 Å². The van der Waals surface area contributed by atoms with Gasteiger partial charge in [-0.1, -0.05) is 12.7 Å². The van der Waals surface area contributed by atoms with Crippen LogP contribution in [0.3, 0.4) is 0 Å². The zero-order chi connectivity index (χ0) is 7.56. The maximum atomic E-state index is 5.04. The Bertz CT molecular complexity index is 240. The van der Waals surface area contributed by atoms with Crippen LogP contribution in [0.1, 0.15) is 5.56 Å². The molecule has 3 heteroatoms. The number of hydrogen-bond donors (Lipinski definition) is 0. The minimum Gasteiger partial charge on any atom is -0.481 e. The Morgan fingerprint density at radius 1 is 1.80 bits per heavy atom. The predicted molar refractivity (Wildman–Crippen MR) is 39.9 cm³/mol. The standard InChI is InChI=1S/C7H10N2O/c1-4-6-5-8-9(2)7(6)10-3/h4-5H,1H2,2-3H3. The van der Waals surface area contributed by atoms with Crippen LogP contribution in [0, 0.1) is 0 Å². The Balaban J connectivity index is 3.12. The van der Waals surface area contributed by atoms with Crippen molar-refractivity contribution in [2.45, 2.75) is 0 Å². The fraction of sp³-hybridized carbons (Fsp3) is 0.286. The molecule has 0 amide bonds. The van der Waals surface area contributed by atoms with Crippen LogP contribution in [-0.4, -0.2) is 16.9 Å². The molecule has 0 aromatic carbocycles. The van der Waals surface area contributed by atoms with Crippen molar-refractivity contribution in [2.75, 3.05) is 7.11 Å². The van der Waals surface area contributed by atoms with Gasteiger partial charge >= 0.3 is 0 Å². The van der Waals surface area contributed by atoms with Gasteiger partial charge in [-0.05, 0) is 0 Å². The Morgan fingerprint density at radius 2 is 2.50 bits per heavy atom. The first-order chi connectivity index (χ1) is 4.79. The third-order valence-electron chi connectivity index (χ3n) is 1.32. The molecule has 0 aliphatic carbocycles. The van der Waals surface area contributed by atoms with Crippen LogP contribution in [0.15, 0.2) is 12.8 Å². The van der Waals surface area contributed by atoms with Gasteiger partial charge in [0.25, 0.3) is 0 Å². The van der Waals surface area contributed by atoms with Gasteiger partial charge in [0.2, 0.25) is 5.88 Å². The molecule has 0 bridgehead atoms. The number of rotatable bonds is 2. The number of hydrogen-bond acceptors (Lipinski definition) is 2. The van der Waals surface area contributed by atoms with Crippen LogP contribution in [0.4, 0.5) is 0 Å². The first kappa shape index (κ1) is 6.86. The summed E-state index contributed by atoms with van der Waals surface area (Å²) in [6.45, 7) is 3.62. The molecule has 0 aliphatic rings. The Kier molecular flexibility index (Phi) is 1.76. The predicted octanol–water partition coefficient (Wildman–Crippen LogP) is 1.07. The molecule has 0 unspecified atom stereocenters. The molecule has 0 N–H and O–H groups in total. The smallest absolute Gasteiger partial charge is 0.218 e. The topological polar surface area (TPSA) is 27.1 Å². The molecule has 0 aliphatic heterocycles. The van der Waals surface area contributed by atoms with Crippen molar-refractivity contribution in [3.8, 4) is 5.88 Å². The zero-order valence-electron chi connectivity index (χ0n) is 6.16. The fourth-order valence-electron chi connectivity index (χ4n) is 0.833. The summed E-state index contributed by atoms with van der Waals surface area (Å²) in [5, 5.41) is 3.98. The van der Waals surface area contributed by atoms with Crippen molar-refractivity contribution in [2.24, 2.45) is 7.05 Å². The van der Waals surface area contributed by atoms with Crippen LogP contribution in [0.25, 0.3) is 6.08 Å². The number of methoxy groups -OCH3 is 1. The minimum absolute atomic E-state index is 0.745. The molecule has 1 heterocycles. The maximum absolute atomic E-state index is 5.04. The van der Waals surface area contributed by atoms with E-state index in [0.29, 0.717) is 0 Å². The van der Waals surface area contributed by atoms with Gasteiger partial charge in [0.15, 0.2) is 0 Å². The number of aromatic nitrogens is 2. The van der Waals surface area contributed by atoms with Crippen LogP contribution < -0.4 is 4.74 Å². The molecule has 1 aromatic rings. The van der Waals surface area contributed by atoms with Crippen molar-refractivity contribution in [1.29, 1.82) is 0 Å². The second-order valence-electron chi connectivity index (χ2n) is 1.94. The van der Waals surface area contributed by atoms with Crippen molar-refractivity contribution < 1.29 is 4.74 Å². The molecular formula is C7H10N2O. The van der Waals surface area contributed by atoms with Gasteiger partial charge in [-0.25, -0.2) is 4.68 Å². The Hall–Kier alpha value is -1.25. The molecule has 0 saturated carbocycles. The maximum Gasteiger partial charge on any atom is 0.218 e. The normalized spacial score (nSPS) is 9.40. The van der Waals surface area contributed by atoms with E-state index < -0.39 is 0 Å². The van der Waals surface area contributed by atoms with E-state index in [-0.39, 0.29) is 0 Å². The molecule has 0 atom stereocenters. The van der Waals surface area contributed by atoms with E-state index >= 15 is 0 Å².